The lowest BCUT2D eigenvalue weighted by atomic mass is 10.1. The van der Waals surface area contributed by atoms with Gasteiger partial charge in [-0.25, -0.2) is 4.99 Å². The predicted molar refractivity (Wildman–Crippen MR) is 100 cm³/mol. The molecule has 0 saturated heterocycles. The summed E-state index contributed by atoms with van der Waals surface area (Å²) in [7, 11) is 0. The number of guanidine groups is 1. The molecule has 6 nitrogen and oxygen atoms in total. The van der Waals surface area contributed by atoms with Crippen LogP contribution in [0.2, 0.25) is 0 Å². The van der Waals surface area contributed by atoms with Crippen molar-refractivity contribution < 1.29 is 4.79 Å². The Morgan fingerprint density at radius 3 is 2.60 bits per heavy atom. The van der Waals surface area contributed by atoms with Crippen molar-refractivity contribution in [1.29, 1.82) is 0 Å². The molecule has 0 atom stereocenters. The number of benzene rings is 1. The van der Waals surface area contributed by atoms with Crippen LogP contribution in [0.1, 0.15) is 35.5 Å². The molecule has 132 valence electrons. The van der Waals surface area contributed by atoms with Gasteiger partial charge in [-0.3, -0.25) is 9.78 Å². The van der Waals surface area contributed by atoms with Crippen LogP contribution in [0, 0.1) is 0 Å². The number of hydrogen-bond donors (Lipinski definition) is 3. The van der Waals surface area contributed by atoms with Gasteiger partial charge >= 0.3 is 0 Å². The molecule has 0 saturated carbocycles. The molecule has 1 heterocycles. The summed E-state index contributed by atoms with van der Waals surface area (Å²) in [6, 6.07) is 13.3. The molecule has 0 aliphatic carbocycles. The Kier molecular flexibility index (Phi) is 7.43. The fourth-order valence-electron chi connectivity index (χ4n) is 2.26. The predicted octanol–water partition coefficient (Wildman–Crippen LogP) is 2.09. The molecule has 25 heavy (non-hydrogen) atoms. The van der Waals surface area contributed by atoms with Crippen molar-refractivity contribution in [3.63, 3.8) is 0 Å². The highest BCUT2D eigenvalue weighted by atomic mass is 16.1. The van der Waals surface area contributed by atoms with E-state index in [9.17, 15) is 4.79 Å². The Morgan fingerprint density at radius 1 is 1.04 bits per heavy atom. The average Bonchev–Trinajstić information content (AvgIpc) is 2.65. The third-order valence-corrected chi connectivity index (χ3v) is 3.45. The van der Waals surface area contributed by atoms with E-state index in [1.165, 1.54) is 0 Å². The lowest BCUT2D eigenvalue weighted by molar-refractivity contribution is 0.0955. The van der Waals surface area contributed by atoms with Gasteiger partial charge in [0.1, 0.15) is 0 Å². The van der Waals surface area contributed by atoms with Gasteiger partial charge in [-0.15, -0.1) is 0 Å². The van der Waals surface area contributed by atoms with Gasteiger partial charge in [-0.05, 0) is 43.7 Å². The molecule has 2 rings (SSSR count). The zero-order valence-electron chi connectivity index (χ0n) is 14.7. The number of aliphatic imine (C=N–C) groups is 1. The fraction of sp³-hybridized carbons (Fsp3) is 0.316. The molecule has 0 unspecified atom stereocenters. The number of aromatic nitrogens is 1. The largest absolute Gasteiger partial charge is 0.357 e. The van der Waals surface area contributed by atoms with Gasteiger partial charge in [0, 0.05) is 24.8 Å². The number of nitrogens with one attached hydrogen (secondary N) is 3. The smallest absolute Gasteiger partial charge is 0.251 e. The first-order valence-corrected chi connectivity index (χ1v) is 8.52. The van der Waals surface area contributed by atoms with Crippen LogP contribution in [0.15, 0.2) is 53.7 Å². The van der Waals surface area contributed by atoms with E-state index in [4.69, 9.17) is 0 Å². The average molecular weight is 339 g/mol. The Balaban J connectivity index is 2.00. The molecule has 2 aromatic rings. The fourth-order valence-corrected chi connectivity index (χ4v) is 2.26. The van der Waals surface area contributed by atoms with E-state index < -0.39 is 0 Å². The molecule has 6 heteroatoms. The highest BCUT2D eigenvalue weighted by Gasteiger charge is 2.05. The van der Waals surface area contributed by atoms with Gasteiger partial charge in [0.25, 0.3) is 5.91 Å². The molecular weight excluding hydrogens is 314 g/mol. The molecule has 0 radical (unpaired) electrons. The summed E-state index contributed by atoms with van der Waals surface area (Å²) in [5, 5.41) is 9.28. The van der Waals surface area contributed by atoms with Crippen LogP contribution >= 0.6 is 0 Å². The highest BCUT2D eigenvalue weighted by Crippen LogP contribution is 2.07. The summed E-state index contributed by atoms with van der Waals surface area (Å²) >= 11 is 0. The number of rotatable bonds is 7. The van der Waals surface area contributed by atoms with Gasteiger partial charge < -0.3 is 16.0 Å². The normalized spacial score (nSPS) is 11.0. The molecule has 0 aliphatic heterocycles. The lowest BCUT2D eigenvalue weighted by Crippen LogP contribution is -2.37. The van der Waals surface area contributed by atoms with Crippen LogP contribution in [0.25, 0.3) is 0 Å². The van der Waals surface area contributed by atoms with E-state index in [0.29, 0.717) is 25.2 Å². The van der Waals surface area contributed by atoms with Crippen LogP contribution < -0.4 is 16.0 Å². The number of nitrogens with zero attached hydrogens (tertiary/aromatic N) is 2. The minimum atomic E-state index is -0.0616. The minimum Gasteiger partial charge on any atom is -0.357 e. The van der Waals surface area contributed by atoms with Crippen molar-refractivity contribution in [2.75, 3.05) is 13.1 Å². The van der Waals surface area contributed by atoms with Crippen LogP contribution in [0.4, 0.5) is 0 Å². The molecule has 0 fully saturated rings. The Hall–Kier alpha value is -2.89. The molecule has 1 amide bonds. The van der Waals surface area contributed by atoms with Crippen LogP contribution in [0.3, 0.4) is 0 Å². The SMILES string of the molecule is CCNC(=O)c1cccc(CN=C(NCC)NCc2ccccn2)c1. The minimum absolute atomic E-state index is 0.0616. The van der Waals surface area contributed by atoms with Gasteiger partial charge in [0.15, 0.2) is 5.96 Å². The van der Waals surface area contributed by atoms with Crippen molar-refractivity contribution in [2.24, 2.45) is 4.99 Å². The lowest BCUT2D eigenvalue weighted by Gasteiger charge is -2.11. The Bertz CT molecular complexity index is 700. The molecule has 0 bridgehead atoms. The molecule has 1 aromatic heterocycles. The maximum absolute atomic E-state index is 11.9. The molecule has 3 N–H and O–H groups in total. The molecule has 1 aromatic carbocycles. The maximum Gasteiger partial charge on any atom is 0.251 e. The summed E-state index contributed by atoms with van der Waals surface area (Å²) in [5.74, 6) is 0.657. The first kappa shape index (κ1) is 18.4. The van der Waals surface area contributed by atoms with E-state index in [2.05, 4.69) is 25.9 Å². The Labute approximate surface area is 148 Å². The third kappa shape index (κ3) is 6.25. The summed E-state index contributed by atoms with van der Waals surface area (Å²) in [4.78, 5) is 20.8. The zero-order valence-corrected chi connectivity index (χ0v) is 14.7. The van der Waals surface area contributed by atoms with Crippen LogP contribution in [-0.4, -0.2) is 29.9 Å². The van der Waals surface area contributed by atoms with Gasteiger partial charge in [0.05, 0.1) is 18.8 Å². The van der Waals surface area contributed by atoms with E-state index in [1.807, 2.05) is 56.3 Å². The van der Waals surface area contributed by atoms with Gasteiger partial charge in [-0.2, -0.15) is 0 Å². The van der Waals surface area contributed by atoms with E-state index >= 15 is 0 Å². The van der Waals surface area contributed by atoms with Gasteiger partial charge in [0.2, 0.25) is 0 Å². The highest BCUT2D eigenvalue weighted by molar-refractivity contribution is 5.94. The zero-order chi connectivity index (χ0) is 17.9. The van der Waals surface area contributed by atoms with Crippen LogP contribution in [0.5, 0.6) is 0 Å². The Morgan fingerprint density at radius 2 is 1.88 bits per heavy atom. The quantitative estimate of drug-likeness (QED) is 0.533. The molecular formula is C19H25N5O. The summed E-state index contributed by atoms with van der Waals surface area (Å²) in [6.45, 7) is 6.41. The second-order valence-electron chi connectivity index (χ2n) is 5.43. The number of carbonyl (C=O) groups is 1. The van der Waals surface area contributed by atoms with E-state index in [1.54, 1.807) is 6.20 Å². The van der Waals surface area contributed by atoms with Crippen molar-refractivity contribution >= 4 is 11.9 Å². The monoisotopic (exact) mass is 339 g/mol. The maximum atomic E-state index is 11.9. The number of amides is 1. The molecule has 0 aliphatic rings. The van der Waals surface area contributed by atoms with Gasteiger partial charge in [-0.1, -0.05) is 18.2 Å². The van der Waals surface area contributed by atoms with Crippen LogP contribution in [-0.2, 0) is 13.1 Å². The number of pyridine rings is 1. The topological polar surface area (TPSA) is 78.4 Å². The second kappa shape index (κ2) is 10.1. The summed E-state index contributed by atoms with van der Waals surface area (Å²) < 4.78 is 0. The first-order valence-electron chi connectivity index (χ1n) is 8.52. The van der Waals surface area contributed by atoms with Crippen molar-refractivity contribution in [2.45, 2.75) is 26.9 Å². The molecule has 0 spiro atoms. The summed E-state index contributed by atoms with van der Waals surface area (Å²) in [5.41, 5.74) is 2.59. The standard InChI is InChI=1S/C19H25N5O/c1-3-20-18(25)16-9-7-8-15(12-16)13-23-19(21-4-2)24-14-17-10-5-6-11-22-17/h5-12H,3-4,13-14H2,1-2H3,(H,20,25)(H2,21,23,24). The van der Waals surface area contributed by atoms with E-state index in [-0.39, 0.29) is 5.91 Å². The van der Waals surface area contributed by atoms with Crippen molar-refractivity contribution in [3.05, 3.63) is 65.5 Å². The summed E-state index contributed by atoms with van der Waals surface area (Å²) in [6.07, 6.45) is 1.77. The number of hydrogen-bond acceptors (Lipinski definition) is 3. The van der Waals surface area contributed by atoms with E-state index in [0.717, 1.165) is 23.8 Å². The first-order chi connectivity index (χ1) is 12.2. The van der Waals surface area contributed by atoms with Crippen molar-refractivity contribution in [1.82, 2.24) is 20.9 Å². The number of carbonyl (C=O) groups excluding carboxylic acids is 1. The second-order valence-corrected chi connectivity index (χ2v) is 5.43. The third-order valence-electron chi connectivity index (χ3n) is 3.45. The van der Waals surface area contributed by atoms with Crippen molar-refractivity contribution in [3.8, 4) is 0 Å².